The molecule has 0 saturated carbocycles. The van der Waals surface area contributed by atoms with Gasteiger partial charge in [0.05, 0.1) is 12.1 Å². The Bertz CT molecular complexity index is 770. The fraction of sp³-hybridized carbons (Fsp3) is 0.316. The van der Waals surface area contributed by atoms with Crippen LogP contribution >= 0.6 is 0 Å². The van der Waals surface area contributed by atoms with Crippen LogP contribution in [0.15, 0.2) is 30.3 Å². The van der Waals surface area contributed by atoms with Crippen molar-refractivity contribution >= 4 is 11.7 Å². The highest BCUT2D eigenvalue weighted by molar-refractivity contribution is 5.91. The van der Waals surface area contributed by atoms with Gasteiger partial charge >= 0.3 is 6.03 Å². The molecule has 4 nitrogen and oxygen atoms in total. The number of halogens is 2. The predicted molar refractivity (Wildman–Crippen MR) is 93.6 cm³/mol. The SMILES string of the molecule is Cc1cc(C)c(NC(=O)NC(C)C(O)c2ccc(F)c(F)c2)c(C)c1. The third kappa shape index (κ3) is 4.54. The molecular weight excluding hydrogens is 326 g/mol. The molecule has 3 N–H and O–H groups in total. The van der Waals surface area contributed by atoms with Crippen LogP contribution in [-0.4, -0.2) is 17.2 Å². The van der Waals surface area contributed by atoms with Gasteiger partial charge in [-0.25, -0.2) is 13.6 Å². The summed E-state index contributed by atoms with van der Waals surface area (Å²) in [6.45, 7) is 7.36. The highest BCUT2D eigenvalue weighted by atomic mass is 19.2. The van der Waals surface area contributed by atoms with E-state index in [0.717, 1.165) is 28.8 Å². The van der Waals surface area contributed by atoms with E-state index < -0.39 is 29.8 Å². The van der Waals surface area contributed by atoms with Crippen molar-refractivity contribution in [1.29, 1.82) is 0 Å². The fourth-order valence-corrected chi connectivity index (χ4v) is 2.80. The van der Waals surface area contributed by atoms with Crippen molar-refractivity contribution in [2.24, 2.45) is 0 Å². The average Bonchev–Trinajstić information content (AvgIpc) is 2.52. The van der Waals surface area contributed by atoms with Crippen LogP contribution in [0.25, 0.3) is 0 Å². The number of rotatable bonds is 4. The number of nitrogens with one attached hydrogen (secondary N) is 2. The zero-order valence-electron chi connectivity index (χ0n) is 14.7. The molecule has 0 fully saturated rings. The molecule has 0 spiro atoms. The first kappa shape index (κ1) is 18.9. The van der Waals surface area contributed by atoms with Crippen molar-refractivity contribution in [3.8, 4) is 0 Å². The summed E-state index contributed by atoms with van der Waals surface area (Å²) in [5.41, 5.74) is 3.86. The minimum Gasteiger partial charge on any atom is -0.386 e. The highest BCUT2D eigenvalue weighted by Crippen LogP contribution is 2.23. The minimum absolute atomic E-state index is 0.189. The molecule has 2 amide bonds. The Morgan fingerprint density at radius 1 is 1.04 bits per heavy atom. The van der Waals surface area contributed by atoms with Crippen LogP contribution in [0.4, 0.5) is 19.3 Å². The van der Waals surface area contributed by atoms with Gasteiger partial charge < -0.3 is 15.7 Å². The summed E-state index contributed by atoms with van der Waals surface area (Å²) in [5.74, 6) is -2.03. The van der Waals surface area contributed by atoms with Crippen molar-refractivity contribution in [2.75, 3.05) is 5.32 Å². The maximum atomic E-state index is 13.3. The summed E-state index contributed by atoms with van der Waals surface area (Å²) >= 11 is 0. The van der Waals surface area contributed by atoms with E-state index in [1.54, 1.807) is 6.92 Å². The van der Waals surface area contributed by atoms with Crippen molar-refractivity contribution in [1.82, 2.24) is 5.32 Å². The lowest BCUT2D eigenvalue weighted by atomic mass is 10.0. The van der Waals surface area contributed by atoms with E-state index in [1.165, 1.54) is 6.07 Å². The van der Waals surface area contributed by atoms with E-state index in [0.29, 0.717) is 5.69 Å². The van der Waals surface area contributed by atoms with Gasteiger partial charge in [0.15, 0.2) is 11.6 Å². The number of hydrogen-bond acceptors (Lipinski definition) is 2. The monoisotopic (exact) mass is 348 g/mol. The van der Waals surface area contributed by atoms with Gasteiger partial charge in [-0.15, -0.1) is 0 Å². The molecule has 0 radical (unpaired) electrons. The lowest BCUT2D eigenvalue weighted by molar-refractivity contribution is 0.138. The van der Waals surface area contributed by atoms with Gasteiger partial charge in [-0.2, -0.15) is 0 Å². The van der Waals surface area contributed by atoms with Crippen LogP contribution < -0.4 is 10.6 Å². The quantitative estimate of drug-likeness (QED) is 0.778. The number of hydrogen-bond donors (Lipinski definition) is 3. The van der Waals surface area contributed by atoms with Crippen LogP contribution in [0.1, 0.15) is 35.3 Å². The number of aliphatic hydroxyl groups excluding tert-OH is 1. The van der Waals surface area contributed by atoms with E-state index >= 15 is 0 Å². The van der Waals surface area contributed by atoms with Gasteiger partial charge in [-0.1, -0.05) is 23.8 Å². The maximum absolute atomic E-state index is 13.3. The molecule has 0 aliphatic carbocycles. The lowest BCUT2D eigenvalue weighted by Gasteiger charge is -2.22. The molecule has 2 aromatic rings. The van der Waals surface area contributed by atoms with E-state index in [2.05, 4.69) is 10.6 Å². The smallest absolute Gasteiger partial charge is 0.319 e. The first-order chi connectivity index (χ1) is 11.7. The number of aryl methyl sites for hydroxylation is 3. The largest absolute Gasteiger partial charge is 0.386 e. The molecule has 2 rings (SSSR count). The van der Waals surface area contributed by atoms with Crippen molar-refractivity contribution in [3.63, 3.8) is 0 Å². The van der Waals surface area contributed by atoms with E-state index in [1.807, 2.05) is 32.9 Å². The Hall–Kier alpha value is -2.47. The van der Waals surface area contributed by atoms with E-state index in [-0.39, 0.29) is 5.56 Å². The number of anilines is 1. The third-order valence-corrected chi connectivity index (χ3v) is 4.03. The fourth-order valence-electron chi connectivity index (χ4n) is 2.80. The molecule has 0 aliphatic heterocycles. The molecule has 0 saturated heterocycles. The standard InChI is InChI=1S/C19H22F2N2O2/c1-10-7-11(2)17(12(3)8-10)23-19(25)22-13(4)18(24)14-5-6-15(20)16(21)9-14/h5-9,13,18,24H,1-4H3,(H2,22,23,25). The van der Waals surface area contributed by atoms with Gasteiger partial charge in [0.25, 0.3) is 0 Å². The third-order valence-electron chi connectivity index (χ3n) is 4.03. The molecule has 2 aromatic carbocycles. The van der Waals surface area contributed by atoms with Gasteiger partial charge in [0, 0.05) is 5.69 Å². The van der Waals surface area contributed by atoms with Gasteiger partial charge in [0.1, 0.15) is 0 Å². The molecule has 0 heterocycles. The average molecular weight is 348 g/mol. The number of amides is 2. The number of carbonyl (C=O) groups is 1. The van der Waals surface area contributed by atoms with Crippen molar-refractivity contribution in [3.05, 3.63) is 64.2 Å². The van der Waals surface area contributed by atoms with Crippen LogP contribution in [-0.2, 0) is 0 Å². The Morgan fingerprint density at radius 2 is 1.64 bits per heavy atom. The Morgan fingerprint density at radius 3 is 2.20 bits per heavy atom. The topological polar surface area (TPSA) is 61.4 Å². The van der Waals surface area contributed by atoms with Gasteiger partial charge in [0.2, 0.25) is 0 Å². The number of urea groups is 1. The van der Waals surface area contributed by atoms with Gasteiger partial charge in [-0.3, -0.25) is 0 Å². The first-order valence-electron chi connectivity index (χ1n) is 7.97. The van der Waals surface area contributed by atoms with E-state index in [9.17, 15) is 18.7 Å². The molecule has 0 aliphatic rings. The number of carbonyl (C=O) groups excluding carboxylic acids is 1. The number of aliphatic hydroxyl groups is 1. The molecule has 0 aromatic heterocycles. The highest BCUT2D eigenvalue weighted by Gasteiger charge is 2.20. The summed E-state index contributed by atoms with van der Waals surface area (Å²) in [6, 6.07) is 5.89. The maximum Gasteiger partial charge on any atom is 0.319 e. The van der Waals surface area contributed by atoms with Crippen molar-refractivity contribution in [2.45, 2.75) is 39.8 Å². The lowest BCUT2D eigenvalue weighted by Crippen LogP contribution is -2.40. The Labute approximate surface area is 145 Å². The van der Waals surface area contributed by atoms with Crippen LogP contribution in [0, 0.1) is 32.4 Å². The minimum atomic E-state index is -1.17. The predicted octanol–water partition coefficient (Wildman–Crippen LogP) is 4.13. The normalized spacial score (nSPS) is 13.2. The van der Waals surface area contributed by atoms with E-state index in [4.69, 9.17) is 0 Å². The Balaban J connectivity index is 2.06. The first-order valence-corrected chi connectivity index (χ1v) is 7.97. The van der Waals surface area contributed by atoms with Crippen LogP contribution in [0.2, 0.25) is 0 Å². The zero-order valence-corrected chi connectivity index (χ0v) is 14.7. The second kappa shape index (κ2) is 7.61. The van der Waals surface area contributed by atoms with Crippen LogP contribution in [0.5, 0.6) is 0 Å². The summed E-state index contributed by atoms with van der Waals surface area (Å²) in [6.07, 6.45) is -1.17. The zero-order chi connectivity index (χ0) is 18.7. The summed E-state index contributed by atoms with van der Waals surface area (Å²) < 4.78 is 26.3. The molecule has 2 atom stereocenters. The van der Waals surface area contributed by atoms with Crippen molar-refractivity contribution < 1.29 is 18.7 Å². The molecule has 6 heteroatoms. The van der Waals surface area contributed by atoms with Crippen LogP contribution in [0.3, 0.4) is 0 Å². The second-order valence-corrected chi connectivity index (χ2v) is 6.28. The molecular formula is C19H22F2N2O2. The van der Waals surface area contributed by atoms with Gasteiger partial charge in [-0.05, 0) is 56.5 Å². The molecule has 25 heavy (non-hydrogen) atoms. The summed E-state index contributed by atoms with van der Waals surface area (Å²) in [4.78, 5) is 12.2. The molecule has 0 bridgehead atoms. The molecule has 2 unspecified atom stereocenters. The number of benzene rings is 2. The summed E-state index contributed by atoms with van der Waals surface area (Å²) in [7, 11) is 0. The summed E-state index contributed by atoms with van der Waals surface area (Å²) in [5, 5.41) is 15.6. The molecule has 134 valence electrons. The second-order valence-electron chi connectivity index (χ2n) is 6.28. The Kier molecular flexibility index (Phi) is 5.74.